The summed E-state index contributed by atoms with van der Waals surface area (Å²) in [5, 5.41) is 3.24. The fourth-order valence-corrected chi connectivity index (χ4v) is 3.96. The molecule has 0 saturated carbocycles. The van der Waals surface area contributed by atoms with E-state index in [4.69, 9.17) is 0 Å². The third-order valence-corrected chi connectivity index (χ3v) is 5.57. The van der Waals surface area contributed by atoms with Gasteiger partial charge in [-0.2, -0.15) is 0 Å². The maximum Gasteiger partial charge on any atom is 0.239 e. The lowest BCUT2D eigenvalue weighted by molar-refractivity contribution is -0.124. The average molecular weight is 387 g/mol. The van der Waals surface area contributed by atoms with Gasteiger partial charge < -0.3 is 10.2 Å². The SMILES string of the molecule is CCN(CC)CCNC(=O)C(c1ccccc1)(c1ccccc1)c1ccccc1. The molecule has 0 aliphatic rings. The van der Waals surface area contributed by atoms with Crippen molar-refractivity contribution in [2.24, 2.45) is 0 Å². The molecule has 1 amide bonds. The van der Waals surface area contributed by atoms with Gasteiger partial charge in [-0.15, -0.1) is 0 Å². The van der Waals surface area contributed by atoms with Crippen LogP contribution in [0.2, 0.25) is 0 Å². The zero-order chi connectivity index (χ0) is 20.5. The molecule has 0 spiro atoms. The predicted octanol–water partition coefficient (Wildman–Crippen LogP) is 4.48. The molecule has 0 heterocycles. The van der Waals surface area contributed by atoms with Crippen molar-refractivity contribution in [2.45, 2.75) is 19.3 Å². The molecule has 150 valence electrons. The summed E-state index contributed by atoms with van der Waals surface area (Å²) in [7, 11) is 0. The van der Waals surface area contributed by atoms with Gasteiger partial charge in [0.2, 0.25) is 5.91 Å². The number of nitrogens with zero attached hydrogens (tertiary/aromatic N) is 1. The van der Waals surface area contributed by atoms with Crippen LogP contribution in [0.1, 0.15) is 30.5 Å². The van der Waals surface area contributed by atoms with E-state index >= 15 is 0 Å². The number of nitrogens with one attached hydrogen (secondary N) is 1. The Balaban J connectivity index is 2.09. The van der Waals surface area contributed by atoms with E-state index in [9.17, 15) is 4.79 Å². The molecule has 3 nitrogen and oxygen atoms in total. The first kappa shape index (κ1) is 20.8. The van der Waals surface area contributed by atoms with Crippen molar-refractivity contribution in [3.05, 3.63) is 108 Å². The normalized spacial score (nSPS) is 11.4. The van der Waals surface area contributed by atoms with E-state index in [2.05, 4.69) is 24.1 Å². The Labute approximate surface area is 174 Å². The van der Waals surface area contributed by atoms with Crippen LogP contribution in [-0.4, -0.2) is 37.0 Å². The third-order valence-electron chi connectivity index (χ3n) is 5.57. The van der Waals surface area contributed by atoms with Crippen LogP contribution in [0.15, 0.2) is 91.0 Å². The van der Waals surface area contributed by atoms with Gasteiger partial charge in [0.05, 0.1) is 0 Å². The standard InChI is InChI=1S/C26H30N2O/c1-3-28(4-2)21-20-27-25(29)26(22-14-8-5-9-15-22,23-16-10-6-11-17-23)24-18-12-7-13-19-24/h5-19H,3-4,20-21H2,1-2H3,(H,27,29). The van der Waals surface area contributed by atoms with Crippen molar-refractivity contribution in [3.63, 3.8) is 0 Å². The molecule has 3 rings (SSSR count). The number of benzene rings is 3. The minimum atomic E-state index is -0.896. The molecular formula is C26H30N2O. The minimum Gasteiger partial charge on any atom is -0.353 e. The van der Waals surface area contributed by atoms with E-state index in [1.807, 2.05) is 91.0 Å². The summed E-state index contributed by atoms with van der Waals surface area (Å²) in [5.74, 6) is 0.00764. The number of hydrogen-bond donors (Lipinski definition) is 1. The van der Waals surface area contributed by atoms with Gasteiger partial charge in [-0.3, -0.25) is 4.79 Å². The lowest BCUT2D eigenvalue weighted by Crippen LogP contribution is -2.48. The number of rotatable bonds is 9. The predicted molar refractivity (Wildman–Crippen MR) is 120 cm³/mol. The highest BCUT2D eigenvalue weighted by Gasteiger charge is 2.43. The van der Waals surface area contributed by atoms with Crippen LogP contribution >= 0.6 is 0 Å². The fourth-order valence-electron chi connectivity index (χ4n) is 3.96. The van der Waals surface area contributed by atoms with Crippen molar-refractivity contribution in [1.82, 2.24) is 10.2 Å². The van der Waals surface area contributed by atoms with E-state index in [-0.39, 0.29) is 5.91 Å². The zero-order valence-electron chi connectivity index (χ0n) is 17.3. The van der Waals surface area contributed by atoms with E-state index < -0.39 is 5.41 Å². The molecule has 3 aromatic rings. The van der Waals surface area contributed by atoms with Crippen LogP contribution in [-0.2, 0) is 10.2 Å². The zero-order valence-corrected chi connectivity index (χ0v) is 17.3. The van der Waals surface area contributed by atoms with Crippen molar-refractivity contribution in [2.75, 3.05) is 26.2 Å². The number of likely N-dealkylation sites (N-methyl/N-ethyl adjacent to an activating group) is 1. The Morgan fingerprint density at radius 1 is 0.724 bits per heavy atom. The van der Waals surface area contributed by atoms with Crippen LogP contribution in [0.25, 0.3) is 0 Å². The summed E-state index contributed by atoms with van der Waals surface area (Å²) < 4.78 is 0. The molecule has 0 bridgehead atoms. The Hall–Kier alpha value is -2.91. The second-order valence-corrected chi connectivity index (χ2v) is 7.13. The highest BCUT2D eigenvalue weighted by molar-refractivity contribution is 5.96. The van der Waals surface area contributed by atoms with Crippen LogP contribution in [0, 0.1) is 0 Å². The van der Waals surface area contributed by atoms with Gasteiger partial charge >= 0.3 is 0 Å². The van der Waals surface area contributed by atoms with Gasteiger partial charge in [0.25, 0.3) is 0 Å². The van der Waals surface area contributed by atoms with Gasteiger partial charge in [0.15, 0.2) is 0 Å². The molecule has 3 heteroatoms. The second-order valence-electron chi connectivity index (χ2n) is 7.13. The van der Waals surface area contributed by atoms with Crippen LogP contribution in [0.4, 0.5) is 0 Å². The molecule has 0 aliphatic carbocycles. The van der Waals surface area contributed by atoms with Crippen molar-refractivity contribution in [3.8, 4) is 0 Å². The summed E-state index contributed by atoms with van der Waals surface area (Å²) in [5.41, 5.74) is 2.01. The maximum absolute atomic E-state index is 13.9. The van der Waals surface area contributed by atoms with Crippen LogP contribution in [0.3, 0.4) is 0 Å². The molecule has 0 radical (unpaired) electrons. The first-order valence-corrected chi connectivity index (χ1v) is 10.4. The third kappa shape index (κ3) is 4.41. The van der Waals surface area contributed by atoms with Crippen LogP contribution < -0.4 is 5.32 Å². The van der Waals surface area contributed by atoms with Gasteiger partial charge in [0.1, 0.15) is 5.41 Å². The summed E-state index contributed by atoms with van der Waals surface area (Å²) in [6.07, 6.45) is 0. The van der Waals surface area contributed by atoms with Gasteiger partial charge in [-0.25, -0.2) is 0 Å². The van der Waals surface area contributed by atoms with Crippen molar-refractivity contribution < 1.29 is 4.79 Å². The first-order chi connectivity index (χ1) is 14.2. The maximum atomic E-state index is 13.9. The molecule has 29 heavy (non-hydrogen) atoms. The Kier molecular flexibility index (Phi) is 7.20. The van der Waals surface area contributed by atoms with Gasteiger partial charge in [-0.05, 0) is 29.8 Å². The first-order valence-electron chi connectivity index (χ1n) is 10.4. The Morgan fingerprint density at radius 3 is 1.45 bits per heavy atom. The van der Waals surface area contributed by atoms with E-state index in [0.717, 1.165) is 36.3 Å². The molecule has 0 atom stereocenters. The summed E-state index contributed by atoms with van der Waals surface area (Å²) in [6, 6.07) is 30.2. The lowest BCUT2D eigenvalue weighted by Gasteiger charge is -2.34. The largest absolute Gasteiger partial charge is 0.353 e. The molecule has 0 aromatic heterocycles. The molecule has 0 saturated heterocycles. The molecule has 0 fully saturated rings. The monoisotopic (exact) mass is 386 g/mol. The molecule has 3 aromatic carbocycles. The van der Waals surface area contributed by atoms with Crippen molar-refractivity contribution in [1.29, 1.82) is 0 Å². The molecule has 0 aliphatic heterocycles. The average Bonchev–Trinajstić information content (AvgIpc) is 2.79. The highest BCUT2D eigenvalue weighted by Crippen LogP contribution is 2.39. The quantitative estimate of drug-likeness (QED) is 0.550. The van der Waals surface area contributed by atoms with E-state index in [1.165, 1.54) is 0 Å². The minimum absolute atomic E-state index is 0.00764. The van der Waals surface area contributed by atoms with E-state index in [0.29, 0.717) is 6.54 Å². The fraction of sp³-hybridized carbons (Fsp3) is 0.269. The molecule has 1 N–H and O–H groups in total. The Morgan fingerprint density at radius 2 is 1.10 bits per heavy atom. The summed E-state index contributed by atoms with van der Waals surface area (Å²) >= 11 is 0. The summed E-state index contributed by atoms with van der Waals surface area (Å²) in [6.45, 7) is 7.71. The van der Waals surface area contributed by atoms with Crippen LogP contribution in [0.5, 0.6) is 0 Å². The highest BCUT2D eigenvalue weighted by atomic mass is 16.2. The number of hydrogen-bond acceptors (Lipinski definition) is 2. The smallest absolute Gasteiger partial charge is 0.239 e. The Bertz CT molecular complexity index is 778. The topological polar surface area (TPSA) is 32.3 Å². The number of carbonyl (C=O) groups excluding carboxylic acids is 1. The van der Waals surface area contributed by atoms with Gasteiger partial charge in [-0.1, -0.05) is 105 Å². The van der Waals surface area contributed by atoms with Gasteiger partial charge in [0, 0.05) is 13.1 Å². The number of amides is 1. The molecule has 0 unspecified atom stereocenters. The second kappa shape index (κ2) is 10.0. The lowest BCUT2D eigenvalue weighted by atomic mass is 9.68. The van der Waals surface area contributed by atoms with Crippen molar-refractivity contribution >= 4 is 5.91 Å². The molecular weight excluding hydrogens is 356 g/mol. The number of carbonyl (C=O) groups is 1. The van der Waals surface area contributed by atoms with E-state index in [1.54, 1.807) is 0 Å². The summed E-state index contributed by atoms with van der Waals surface area (Å²) in [4.78, 5) is 16.2.